The molecule has 0 spiro atoms. The lowest BCUT2D eigenvalue weighted by atomic mass is 9.86. The van der Waals surface area contributed by atoms with Crippen molar-refractivity contribution in [2.75, 3.05) is 6.54 Å². The van der Waals surface area contributed by atoms with Crippen molar-refractivity contribution in [2.45, 2.75) is 127 Å². The Bertz CT molecular complexity index is 1950. The molecule has 11 nitrogen and oxygen atoms in total. The fraction of sp³-hybridized carbons (Fsp3) is 0.548. The number of carbonyl (C=O) groups is 1. The van der Waals surface area contributed by atoms with Gasteiger partial charge in [0.05, 0.1) is 29.3 Å². The van der Waals surface area contributed by atoms with Gasteiger partial charge in [-0.05, 0) is 76.8 Å². The average Bonchev–Trinajstić information content (AvgIpc) is 4.11. The predicted octanol–water partition coefficient (Wildman–Crippen LogP) is 9.28. The molecule has 6 N–H and O–H groups in total. The highest BCUT2D eigenvalue weighted by molar-refractivity contribution is 9.10. The molecule has 4 aliphatic rings. The van der Waals surface area contributed by atoms with E-state index in [1.54, 1.807) is 11.3 Å². The van der Waals surface area contributed by atoms with E-state index in [1.165, 1.54) is 99.3 Å². The van der Waals surface area contributed by atoms with Gasteiger partial charge >= 0.3 is 0 Å². The minimum atomic E-state index is -0.352. The molecule has 4 fully saturated rings. The number of aryl methyl sites for hydroxylation is 1. The molecule has 1 unspecified atom stereocenters. The molecule has 56 heavy (non-hydrogen) atoms. The molecule has 7 rings (SSSR count). The topological polar surface area (TPSA) is 180 Å². The van der Waals surface area contributed by atoms with Crippen LogP contribution >= 0.6 is 39.5 Å². The number of phenolic OH excluding ortho intramolecular Hbond substituents is 6. The van der Waals surface area contributed by atoms with Crippen LogP contribution in [0.4, 0.5) is 0 Å². The minimum absolute atomic E-state index is 0.0787. The molecule has 0 bridgehead atoms. The van der Waals surface area contributed by atoms with Gasteiger partial charge in [-0.25, -0.2) is 4.68 Å². The van der Waals surface area contributed by atoms with Crippen molar-refractivity contribution in [1.82, 2.24) is 4.68 Å². The summed E-state index contributed by atoms with van der Waals surface area (Å²) in [5.41, 5.74) is 1.92. The Hall–Kier alpha value is -3.75. The van der Waals surface area contributed by atoms with Crippen LogP contribution in [0, 0.1) is 18.8 Å². The maximum Gasteiger partial charge on any atom is 0.206 e. The number of alkyl halides is 1. The molecule has 0 amide bonds. The maximum atomic E-state index is 10.9. The second-order valence-corrected chi connectivity index (χ2v) is 18.5. The molecule has 304 valence electrons. The number of rotatable bonds is 11. The molecule has 1 heterocycles. The molecular formula is C42H55BrN4O7S2. The first kappa shape index (κ1) is 43.4. The largest absolute Gasteiger partial charge is 0.507 e. The Morgan fingerprint density at radius 1 is 0.804 bits per heavy atom. The smallest absolute Gasteiger partial charge is 0.206 e. The normalized spacial score (nSPS) is 18.7. The van der Waals surface area contributed by atoms with Gasteiger partial charge in [0, 0.05) is 51.1 Å². The number of aromatic hydroxyl groups is 6. The quantitative estimate of drug-likeness (QED) is 0.0363. The lowest BCUT2D eigenvalue weighted by Crippen LogP contribution is -2.19. The van der Waals surface area contributed by atoms with Crippen molar-refractivity contribution in [3.63, 3.8) is 0 Å². The molecule has 3 aromatic rings. The first-order chi connectivity index (χ1) is 26.8. The van der Waals surface area contributed by atoms with Crippen molar-refractivity contribution >= 4 is 62.6 Å². The van der Waals surface area contributed by atoms with Gasteiger partial charge in [0.15, 0.2) is 23.0 Å². The molecule has 2 aromatic carbocycles. The summed E-state index contributed by atoms with van der Waals surface area (Å²) in [4.78, 5) is 23.2. The number of carbonyl (C=O) groups excluding carboxylic acids is 1. The highest BCUT2D eigenvalue weighted by atomic mass is 79.9. The Balaban J connectivity index is 0.000000183. The highest BCUT2D eigenvalue weighted by Gasteiger charge is 2.32. The van der Waals surface area contributed by atoms with E-state index < -0.39 is 0 Å². The number of Topliss-reactive ketones (excluding diaryl/α,β-unsaturated/α-hetero) is 1. The lowest BCUT2D eigenvalue weighted by Gasteiger charge is -2.21. The third-order valence-electron chi connectivity index (χ3n) is 10.5. The number of aliphatic imine (C=N–C) groups is 1. The summed E-state index contributed by atoms with van der Waals surface area (Å²) in [7, 11) is 0. The first-order valence-electron chi connectivity index (χ1n) is 19.8. The number of aromatic nitrogens is 1. The third-order valence-corrected chi connectivity index (χ3v) is 12.2. The molecule has 1 aromatic heterocycles. The van der Waals surface area contributed by atoms with Crippen LogP contribution in [0.15, 0.2) is 39.4 Å². The first-order valence-corrected chi connectivity index (χ1v) is 21.9. The van der Waals surface area contributed by atoms with E-state index in [-0.39, 0.29) is 39.3 Å². The number of benzene rings is 2. The van der Waals surface area contributed by atoms with Crippen LogP contribution in [0.25, 0.3) is 0 Å². The van der Waals surface area contributed by atoms with E-state index in [0.29, 0.717) is 47.3 Å². The van der Waals surface area contributed by atoms with E-state index in [4.69, 9.17) is 17.2 Å². The van der Waals surface area contributed by atoms with Gasteiger partial charge in [-0.1, -0.05) is 79.5 Å². The Morgan fingerprint density at radius 2 is 1.34 bits per heavy atom. The Morgan fingerprint density at radius 3 is 1.86 bits per heavy atom. The van der Waals surface area contributed by atoms with Crippen LogP contribution < -0.4 is 4.80 Å². The van der Waals surface area contributed by atoms with Gasteiger partial charge in [0.25, 0.3) is 0 Å². The summed E-state index contributed by atoms with van der Waals surface area (Å²) in [5.74, 6) is 0.507. The van der Waals surface area contributed by atoms with Gasteiger partial charge in [-0.2, -0.15) is 5.10 Å². The molecular weight excluding hydrogens is 817 g/mol. The fourth-order valence-corrected chi connectivity index (χ4v) is 8.82. The fourth-order valence-electron chi connectivity index (χ4n) is 7.07. The van der Waals surface area contributed by atoms with E-state index >= 15 is 0 Å². The second kappa shape index (κ2) is 20.6. The van der Waals surface area contributed by atoms with Crippen molar-refractivity contribution in [3.8, 4) is 34.5 Å². The maximum absolute atomic E-state index is 10.9. The van der Waals surface area contributed by atoms with Crippen LogP contribution in [0.5, 0.6) is 34.5 Å². The SMILES string of the molecule is CC(Br)C(=O)C1CC1.Cc1sc(=NC2CCCCC2)n(/N=C/c2cc(O)c(O)cc2O)c1C1CC1.Oc1cc(O)c(C=NCC(=S)CC2CCCCC2)cc1O. The predicted molar refractivity (Wildman–Crippen MR) is 230 cm³/mol. The summed E-state index contributed by atoms with van der Waals surface area (Å²) in [6, 6.07) is 5.16. The van der Waals surface area contributed by atoms with Crippen molar-refractivity contribution in [1.29, 1.82) is 0 Å². The number of phenols is 6. The summed E-state index contributed by atoms with van der Waals surface area (Å²) in [6.07, 6.45) is 21.0. The number of halogens is 1. The number of thiocarbonyl (C=S) groups is 1. The third kappa shape index (κ3) is 12.9. The van der Waals surface area contributed by atoms with E-state index in [1.807, 2.05) is 11.6 Å². The van der Waals surface area contributed by atoms with Crippen molar-refractivity contribution in [2.24, 2.45) is 26.9 Å². The zero-order valence-electron chi connectivity index (χ0n) is 32.2. The minimum Gasteiger partial charge on any atom is -0.507 e. The zero-order valence-corrected chi connectivity index (χ0v) is 35.5. The molecule has 14 heteroatoms. The van der Waals surface area contributed by atoms with Crippen LogP contribution in [-0.2, 0) is 4.79 Å². The summed E-state index contributed by atoms with van der Waals surface area (Å²) in [6.45, 7) is 4.46. The summed E-state index contributed by atoms with van der Waals surface area (Å²) >= 11 is 10.3. The molecule has 0 saturated heterocycles. The number of ketones is 1. The monoisotopic (exact) mass is 870 g/mol. The van der Waals surface area contributed by atoms with Crippen LogP contribution in [0.3, 0.4) is 0 Å². The van der Waals surface area contributed by atoms with E-state index in [2.05, 4.69) is 32.9 Å². The van der Waals surface area contributed by atoms with Gasteiger partial charge in [0.1, 0.15) is 17.3 Å². The van der Waals surface area contributed by atoms with E-state index in [0.717, 1.165) is 53.9 Å². The zero-order chi connectivity index (χ0) is 40.4. The van der Waals surface area contributed by atoms with Gasteiger partial charge in [0.2, 0.25) is 4.80 Å². The van der Waals surface area contributed by atoms with Gasteiger partial charge in [-0.3, -0.25) is 14.8 Å². The number of thiazole rings is 1. The van der Waals surface area contributed by atoms with Crippen LogP contribution in [0.2, 0.25) is 0 Å². The Labute approximate surface area is 346 Å². The Kier molecular flexibility index (Phi) is 16.0. The average molecular weight is 872 g/mol. The molecule has 4 saturated carbocycles. The molecule has 4 aliphatic carbocycles. The van der Waals surface area contributed by atoms with Crippen LogP contribution in [-0.4, -0.2) is 75.8 Å². The van der Waals surface area contributed by atoms with E-state index in [9.17, 15) is 35.4 Å². The second-order valence-electron chi connectivity index (χ2n) is 15.4. The van der Waals surface area contributed by atoms with Gasteiger partial charge < -0.3 is 30.6 Å². The number of hydrogen-bond acceptors (Lipinski definition) is 12. The van der Waals surface area contributed by atoms with Crippen LogP contribution in [0.1, 0.15) is 131 Å². The molecule has 0 aliphatic heterocycles. The van der Waals surface area contributed by atoms with Crippen molar-refractivity contribution in [3.05, 3.63) is 50.8 Å². The van der Waals surface area contributed by atoms with Crippen molar-refractivity contribution < 1.29 is 35.4 Å². The summed E-state index contributed by atoms with van der Waals surface area (Å²) in [5, 5.41) is 62.1. The standard InChI is InChI=1S/C20H25N3O3S.C16H21NO3S.C6H9BrO/c1-12-19(13-7-8-13)23(20(27-12)22-15-5-3-2-4-6-15)21-11-14-9-17(25)18(26)10-16(14)24;18-14-8-16(20)15(19)7-12(14)9-17-10-13(21)6-11-4-2-1-3-5-11;1-4(7)6(8)5-2-3-5/h9-11,13,15,24-26H,2-8H2,1H3;7-9,11,18-20H,1-6,10H2;4-5H,2-3H2,1H3/b21-11+,22-20?;;. The lowest BCUT2D eigenvalue weighted by molar-refractivity contribution is -0.119. The number of hydrogen-bond donors (Lipinski definition) is 6. The molecule has 0 radical (unpaired) electrons. The number of nitrogens with zero attached hydrogens (tertiary/aromatic N) is 4. The van der Waals surface area contributed by atoms with Gasteiger partial charge in [-0.15, -0.1) is 11.3 Å². The highest BCUT2D eigenvalue weighted by Crippen LogP contribution is 2.42. The molecule has 1 atom stereocenters. The summed E-state index contributed by atoms with van der Waals surface area (Å²) < 4.78 is 1.91.